The second-order valence-electron chi connectivity index (χ2n) is 0.750. The zero-order valence-electron chi connectivity index (χ0n) is 3.26. The van der Waals surface area contributed by atoms with Gasteiger partial charge in [0.2, 0.25) is 5.91 Å². The third kappa shape index (κ3) is 3.39. The van der Waals surface area contributed by atoms with Crippen molar-refractivity contribution in [1.29, 1.82) is 0 Å². The van der Waals surface area contributed by atoms with Gasteiger partial charge in [0.25, 0.3) is 0 Å². The van der Waals surface area contributed by atoms with E-state index in [1.54, 1.807) is 5.48 Å². The smallest absolute Gasteiger partial charge is 0.242 e. The molecule has 0 aromatic heterocycles. The molecule has 0 spiro atoms. The monoisotopic (exact) mass is 91.0 g/mol. The Kier molecular flexibility index (Phi) is 2.35. The highest BCUT2D eigenvalue weighted by Gasteiger charge is 1.81. The molecule has 0 unspecified atom stereocenters. The summed E-state index contributed by atoms with van der Waals surface area (Å²) in [4.78, 5) is 12.9. The number of carbonyl (C=O) groups excluding carboxylic acids is 1. The van der Waals surface area contributed by atoms with Crippen LogP contribution in [0.2, 0.25) is 0 Å². The fraction of sp³-hybridized carbons (Fsp3) is 0.500. The molecule has 6 heavy (non-hydrogen) atoms. The molecule has 4 heteroatoms. The first-order valence-corrected chi connectivity index (χ1v) is 1.34. The lowest BCUT2D eigenvalue weighted by Gasteiger charge is -1.87. The van der Waals surface area contributed by atoms with Crippen LogP contribution in [0.5, 0.6) is 0 Å². The van der Waals surface area contributed by atoms with E-state index in [0.29, 0.717) is 0 Å². The zero-order valence-corrected chi connectivity index (χ0v) is 3.26. The van der Waals surface area contributed by atoms with E-state index in [1.807, 2.05) is 0 Å². The van der Waals surface area contributed by atoms with Crippen LogP contribution in [-0.2, 0) is 9.78 Å². The minimum absolute atomic E-state index is 0.433. The maximum absolute atomic E-state index is 9.65. The minimum atomic E-state index is -0.433. The van der Waals surface area contributed by atoms with Crippen LogP contribution in [0.3, 0.4) is 0 Å². The van der Waals surface area contributed by atoms with Gasteiger partial charge in [-0.25, -0.2) is 10.7 Å². The summed E-state index contributed by atoms with van der Waals surface area (Å²) < 4.78 is 0. The number of hydrogen-bond acceptors (Lipinski definition) is 3. The number of carbonyl (C=O) groups is 1. The predicted molar refractivity (Wildman–Crippen MR) is 17.5 cm³/mol. The number of nitrogens with one attached hydrogen (secondary N) is 1. The molecule has 0 saturated carbocycles. The highest BCUT2D eigenvalue weighted by Crippen LogP contribution is 1.53. The number of amides is 1. The Balaban J connectivity index is 2.83. The maximum Gasteiger partial charge on any atom is 0.242 e. The molecule has 0 heterocycles. The summed E-state index contributed by atoms with van der Waals surface area (Å²) >= 11 is 0. The van der Waals surface area contributed by atoms with Crippen molar-refractivity contribution in [2.75, 3.05) is 0 Å². The molecular formula is C2H5NO3. The van der Waals surface area contributed by atoms with E-state index < -0.39 is 5.91 Å². The second kappa shape index (κ2) is 2.62. The van der Waals surface area contributed by atoms with Gasteiger partial charge in [-0.15, -0.1) is 4.99 Å². The van der Waals surface area contributed by atoms with E-state index in [2.05, 4.69) is 4.99 Å². The van der Waals surface area contributed by atoms with E-state index in [4.69, 9.17) is 5.26 Å². The van der Waals surface area contributed by atoms with Crippen molar-refractivity contribution in [2.45, 2.75) is 6.92 Å². The summed E-state index contributed by atoms with van der Waals surface area (Å²) in [5.74, 6) is -0.433. The van der Waals surface area contributed by atoms with Crippen LogP contribution >= 0.6 is 0 Å². The molecule has 0 aromatic carbocycles. The molecule has 2 N–H and O–H groups in total. The summed E-state index contributed by atoms with van der Waals surface area (Å²) in [6, 6.07) is 0. The molecule has 0 saturated heterocycles. The Bertz CT molecular complexity index is 52.8. The van der Waals surface area contributed by atoms with Crippen LogP contribution in [0.4, 0.5) is 0 Å². The molecule has 0 aromatic rings. The van der Waals surface area contributed by atoms with Crippen molar-refractivity contribution in [1.82, 2.24) is 5.48 Å². The molecule has 1 amide bonds. The van der Waals surface area contributed by atoms with Crippen LogP contribution in [0.1, 0.15) is 6.92 Å². The van der Waals surface area contributed by atoms with Crippen molar-refractivity contribution in [2.24, 2.45) is 0 Å². The summed E-state index contributed by atoms with van der Waals surface area (Å²) in [6.07, 6.45) is 0. The largest absolute Gasteiger partial charge is 0.273 e. The first-order chi connectivity index (χ1) is 2.77. The second-order valence-corrected chi connectivity index (χ2v) is 0.750. The molecule has 4 nitrogen and oxygen atoms in total. The summed E-state index contributed by atoms with van der Waals surface area (Å²) in [5.41, 5.74) is 1.62. The topological polar surface area (TPSA) is 58.6 Å². The first kappa shape index (κ1) is 5.39. The van der Waals surface area contributed by atoms with Gasteiger partial charge in [-0.2, -0.15) is 0 Å². The molecule has 0 aliphatic carbocycles. The highest BCUT2D eigenvalue weighted by atomic mass is 17.2. The fourth-order valence-corrected chi connectivity index (χ4v) is 0.0643. The number of rotatable bonds is 1. The maximum atomic E-state index is 9.65. The van der Waals surface area contributed by atoms with Crippen LogP contribution in [-0.4, -0.2) is 11.2 Å². The quantitative estimate of drug-likeness (QED) is 0.338. The Morgan fingerprint density at radius 2 is 2.50 bits per heavy atom. The predicted octanol–water partition coefficient (Wildman–Crippen LogP) is -0.473. The summed E-state index contributed by atoms with van der Waals surface area (Å²) in [6.45, 7) is 1.22. The van der Waals surface area contributed by atoms with Gasteiger partial charge in [0.05, 0.1) is 0 Å². The Hall–Kier alpha value is -0.610. The molecular weight excluding hydrogens is 86.0 g/mol. The van der Waals surface area contributed by atoms with Crippen molar-refractivity contribution in [3.05, 3.63) is 0 Å². The highest BCUT2D eigenvalue weighted by molar-refractivity contribution is 5.71. The Morgan fingerprint density at radius 1 is 2.00 bits per heavy atom. The summed E-state index contributed by atoms with van der Waals surface area (Å²) in [5, 5.41) is 7.40. The summed E-state index contributed by atoms with van der Waals surface area (Å²) in [7, 11) is 0. The van der Waals surface area contributed by atoms with Gasteiger partial charge in [0.15, 0.2) is 0 Å². The van der Waals surface area contributed by atoms with Gasteiger partial charge in [0, 0.05) is 6.92 Å². The minimum Gasteiger partial charge on any atom is -0.273 e. The molecule has 0 fully saturated rings. The van der Waals surface area contributed by atoms with Gasteiger partial charge in [-0.1, -0.05) is 0 Å². The van der Waals surface area contributed by atoms with Crippen molar-refractivity contribution in [3.63, 3.8) is 0 Å². The van der Waals surface area contributed by atoms with Crippen molar-refractivity contribution in [3.8, 4) is 0 Å². The lowest BCUT2D eigenvalue weighted by Crippen LogP contribution is -2.17. The molecule has 0 bridgehead atoms. The molecule has 0 rings (SSSR count). The van der Waals surface area contributed by atoms with Crippen molar-refractivity contribution >= 4 is 5.91 Å². The normalized spacial score (nSPS) is 7.67. The molecule has 0 radical (unpaired) electrons. The lowest BCUT2D eigenvalue weighted by atomic mass is 10.8. The third-order valence-electron chi connectivity index (χ3n) is 0.189. The Morgan fingerprint density at radius 3 is 2.50 bits per heavy atom. The van der Waals surface area contributed by atoms with Gasteiger partial charge in [-0.3, -0.25) is 4.79 Å². The average Bonchev–Trinajstić information content (AvgIpc) is 1.35. The van der Waals surface area contributed by atoms with Crippen molar-refractivity contribution < 1.29 is 15.0 Å². The van der Waals surface area contributed by atoms with Crippen LogP contribution in [0.25, 0.3) is 0 Å². The zero-order chi connectivity index (χ0) is 4.99. The SMILES string of the molecule is CC(=O)NOO. The lowest BCUT2D eigenvalue weighted by molar-refractivity contribution is -0.284. The number of hydrogen-bond donors (Lipinski definition) is 2. The standard InChI is InChI=1S/C2H5NO3/c1-2(4)3-6-5/h5H,1H3,(H,3,4). The van der Waals surface area contributed by atoms with Gasteiger partial charge in [-0.05, 0) is 0 Å². The van der Waals surface area contributed by atoms with E-state index in [9.17, 15) is 4.79 Å². The molecule has 0 aliphatic heterocycles. The van der Waals surface area contributed by atoms with E-state index in [1.165, 1.54) is 6.92 Å². The van der Waals surface area contributed by atoms with E-state index >= 15 is 0 Å². The third-order valence-corrected chi connectivity index (χ3v) is 0.189. The molecule has 36 valence electrons. The fourth-order valence-electron chi connectivity index (χ4n) is 0.0643. The molecule has 0 aliphatic rings. The van der Waals surface area contributed by atoms with Gasteiger partial charge in [0.1, 0.15) is 0 Å². The average molecular weight is 91.1 g/mol. The van der Waals surface area contributed by atoms with Gasteiger partial charge >= 0.3 is 0 Å². The van der Waals surface area contributed by atoms with Crippen LogP contribution in [0, 0.1) is 0 Å². The Labute approximate surface area is 34.6 Å². The van der Waals surface area contributed by atoms with Crippen LogP contribution < -0.4 is 5.48 Å². The van der Waals surface area contributed by atoms with Gasteiger partial charge < -0.3 is 0 Å². The van der Waals surface area contributed by atoms with E-state index in [0.717, 1.165) is 0 Å². The van der Waals surface area contributed by atoms with E-state index in [-0.39, 0.29) is 0 Å². The van der Waals surface area contributed by atoms with Crippen LogP contribution in [0.15, 0.2) is 0 Å². The first-order valence-electron chi connectivity index (χ1n) is 1.34. The number of hydroxylamine groups is 1. The molecule has 0 atom stereocenters.